The maximum absolute atomic E-state index is 6.47. The lowest BCUT2D eigenvalue weighted by Crippen LogP contribution is -2.52. The number of hydrogen-bond donors (Lipinski definition) is 1. The second-order valence-electron chi connectivity index (χ2n) is 6.81. The van der Waals surface area contributed by atoms with E-state index in [1.165, 1.54) is 25.7 Å². The summed E-state index contributed by atoms with van der Waals surface area (Å²) in [5.74, 6) is 0.455. The Morgan fingerprint density at radius 1 is 1.15 bits per heavy atom. The van der Waals surface area contributed by atoms with Gasteiger partial charge in [0.25, 0.3) is 0 Å². The molecule has 1 spiro atoms. The summed E-state index contributed by atoms with van der Waals surface area (Å²) in [4.78, 5) is 0. The Balaban J connectivity index is 1.61. The zero-order valence-electron chi connectivity index (χ0n) is 12.9. The Hall–Kier alpha value is -0.160. The first kappa shape index (κ1) is 14.8. The molecule has 0 aromatic rings. The second kappa shape index (κ2) is 6.30. The smallest absolute Gasteiger partial charge is 0.171 e. The SMILES string of the molecule is CNC1CCC2(CC1OC1CCCC(C)C1)OCCO2. The minimum absolute atomic E-state index is 0.224. The van der Waals surface area contributed by atoms with Crippen LogP contribution in [0.3, 0.4) is 0 Å². The zero-order chi connectivity index (χ0) is 14.0. The van der Waals surface area contributed by atoms with Crippen LogP contribution in [0.25, 0.3) is 0 Å². The fraction of sp³-hybridized carbons (Fsp3) is 1.00. The van der Waals surface area contributed by atoms with Crippen LogP contribution in [0.15, 0.2) is 0 Å². The van der Waals surface area contributed by atoms with Crippen molar-refractivity contribution in [3.8, 4) is 0 Å². The maximum atomic E-state index is 6.47. The van der Waals surface area contributed by atoms with E-state index in [0.29, 0.717) is 12.1 Å². The van der Waals surface area contributed by atoms with Gasteiger partial charge in [-0.2, -0.15) is 0 Å². The zero-order valence-corrected chi connectivity index (χ0v) is 12.9. The van der Waals surface area contributed by atoms with Crippen molar-refractivity contribution in [1.29, 1.82) is 0 Å². The molecule has 4 heteroatoms. The van der Waals surface area contributed by atoms with Crippen LogP contribution in [-0.4, -0.2) is 44.3 Å². The summed E-state index contributed by atoms with van der Waals surface area (Å²) in [7, 11) is 2.04. The van der Waals surface area contributed by atoms with E-state index in [1.807, 2.05) is 7.05 Å². The van der Waals surface area contributed by atoms with Crippen molar-refractivity contribution in [2.45, 2.75) is 75.9 Å². The molecular formula is C16H29NO3. The minimum Gasteiger partial charge on any atom is -0.373 e. The van der Waals surface area contributed by atoms with Crippen LogP contribution in [0.2, 0.25) is 0 Å². The predicted octanol–water partition coefficient (Wildman–Crippen LogP) is 2.47. The lowest BCUT2D eigenvalue weighted by Gasteiger charge is -2.42. The Kier molecular flexibility index (Phi) is 4.65. The summed E-state index contributed by atoms with van der Waals surface area (Å²) < 4.78 is 18.2. The Morgan fingerprint density at radius 3 is 2.65 bits per heavy atom. The number of hydrogen-bond acceptors (Lipinski definition) is 4. The molecule has 1 aliphatic heterocycles. The van der Waals surface area contributed by atoms with Crippen molar-refractivity contribution < 1.29 is 14.2 Å². The van der Waals surface area contributed by atoms with E-state index in [4.69, 9.17) is 14.2 Å². The molecule has 0 bridgehead atoms. The van der Waals surface area contributed by atoms with Crippen LogP contribution in [0.1, 0.15) is 51.9 Å². The van der Waals surface area contributed by atoms with Gasteiger partial charge in [-0.05, 0) is 32.2 Å². The standard InChI is InChI=1S/C16H29NO3/c1-12-4-3-5-13(10-12)20-15-11-16(18-8-9-19-16)7-6-14(15)17-2/h12-15,17H,3-11H2,1-2H3. The largest absolute Gasteiger partial charge is 0.373 e. The summed E-state index contributed by atoms with van der Waals surface area (Å²) in [6.45, 7) is 3.81. The number of rotatable bonds is 3. The van der Waals surface area contributed by atoms with Gasteiger partial charge >= 0.3 is 0 Å². The Morgan fingerprint density at radius 2 is 1.95 bits per heavy atom. The number of likely N-dealkylation sites (N-methyl/N-ethyl adjacent to an activating group) is 1. The Bertz CT molecular complexity index is 317. The average Bonchev–Trinajstić information content (AvgIpc) is 2.87. The predicted molar refractivity (Wildman–Crippen MR) is 77.6 cm³/mol. The summed E-state index contributed by atoms with van der Waals surface area (Å²) in [5, 5.41) is 3.43. The quantitative estimate of drug-likeness (QED) is 0.864. The van der Waals surface area contributed by atoms with E-state index in [-0.39, 0.29) is 11.9 Å². The maximum Gasteiger partial charge on any atom is 0.171 e. The molecule has 116 valence electrons. The lowest BCUT2D eigenvalue weighted by atomic mass is 9.85. The van der Waals surface area contributed by atoms with Crippen LogP contribution in [0, 0.1) is 5.92 Å². The lowest BCUT2D eigenvalue weighted by molar-refractivity contribution is -0.214. The molecule has 0 aromatic heterocycles. The third kappa shape index (κ3) is 3.19. The Labute approximate surface area is 122 Å². The molecule has 2 saturated carbocycles. The van der Waals surface area contributed by atoms with Crippen LogP contribution < -0.4 is 5.32 Å². The monoisotopic (exact) mass is 283 g/mol. The molecule has 0 radical (unpaired) electrons. The molecule has 4 atom stereocenters. The first-order valence-electron chi connectivity index (χ1n) is 8.31. The van der Waals surface area contributed by atoms with Crippen LogP contribution in [-0.2, 0) is 14.2 Å². The minimum atomic E-state index is -0.349. The molecule has 1 heterocycles. The van der Waals surface area contributed by atoms with Gasteiger partial charge in [-0.3, -0.25) is 0 Å². The van der Waals surface area contributed by atoms with Crippen molar-refractivity contribution >= 4 is 0 Å². The third-order valence-electron chi connectivity index (χ3n) is 5.24. The van der Waals surface area contributed by atoms with Gasteiger partial charge in [0.1, 0.15) is 0 Å². The van der Waals surface area contributed by atoms with Crippen molar-refractivity contribution in [2.75, 3.05) is 20.3 Å². The third-order valence-corrected chi connectivity index (χ3v) is 5.24. The molecule has 3 rings (SSSR count). The summed E-state index contributed by atoms with van der Waals surface area (Å²) >= 11 is 0. The molecule has 3 fully saturated rings. The van der Waals surface area contributed by atoms with Gasteiger partial charge in [-0.1, -0.05) is 19.8 Å². The first-order chi connectivity index (χ1) is 9.71. The molecule has 0 aromatic carbocycles. The van der Waals surface area contributed by atoms with Gasteiger partial charge in [0.05, 0.1) is 25.4 Å². The van der Waals surface area contributed by atoms with Crippen LogP contribution in [0.5, 0.6) is 0 Å². The van der Waals surface area contributed by atoms with E-state index in [0.717, 1.165) is 38.4 Å². The fourth-order valence-electron chi connectivity index (χ4n) is 4.09. The highest BCUT2D eigenvalue weighted by atomic mass is 16.7. The summed E-state index contributed by atoms with van der Waals surface area (Å²) in [5.41, 5.74) is 0. The fourth-order valence-corrected chi connectivity index (χ4v) is 4.09. The summed E-state index contributed by atoms with van der Waals surface area (Å²) in [6.07, 6.45) is 8.68. The molecule has 1 saturated heterocycles. The van der Waals surface area contributed by atoms with Gasteiger partial charge < -0.3 is 19.5 Å². The van der Waals surface area contributed by atoms with Crippen molar-refractivity contribution in [3.05, 3.63) is 0 Å². The van der Waals surface area contributed by atoms with Gasteiger partial charge in [0.15, 0.2) is 5.79 Å². The highest BCUT2D eigenvalue weighted by Gasteiger charge is 2.46. The molecule has 2 aliphatic carbocycles. The van der Waals surface area contributed by atoms with E-state index in [9.17, 15) is 0 Å². The van der Waals surface area contributed by atoms with Crippen LogP contribution in [0.4, 0.5) is 0 Å². The molecular weight excluding hydrogens is 254 g/mol. The molecule has 1 N–H and O–H groups in total. The number of nitrogens with one attached hydrogen (secondary N) is 1. The average molecular weight is 283 g/mol. The van der Waals surface area contributed by atoms with Gasteiger partial charge in [0, 0.05) is 18.9 Å². The van der Waals surface area contributed by atoms with Gasteiger partial charge in [-0.15, -0.1) is 0 Å². The number of ether oxygens (including phenoxy) is 3. The van der Waals surface area contributed by atoms with Crippen molar-refractivity contribution in [2.24, 2.45) is 5.92 Å². The van der Waals surface area contributed by atoms with Crippen molar-refractivity contribution in [3.63, 3.8) is 0 Å². The van der Waals surface area contributed by atoms with E-state index in [2.05, 4.69) is 12.2 Å². The topological polar surface area (TPSA) is 39.7 Å². The van der Waals surface area contributed by atoms with Crippen molar-refractivity contribution in [1.82, 2.24) is 5.32 Å². The van der Waals surface area contributed by atoms with Gasteiger partial charge in [0.2, 0.25) is 0 Å². The van der Waals surface area contributed by atoms with E-state index in [1.54, 1.807) is 0 Å². The molecule has 20 heavy (non-hydrogen) atoms. The second-order valence-corrected chi connectivity index (χ2v) is 6.81. The van der Waals surface area contributed by atoms with E-state index >= 15 is 0 Å². The molecule has 4 nitrogen and oxygen atoms in total. The first-order valence-corrected chi connectivity index (χ1v) is 8.31. The normalized spacial score (nSPS) is 41.1. The van der Waals surface area contributed by atoms with E-state index < -0.39 is 0 Å². The highest BCUT2D eigenvalue weighted by molar-refractivity contribution is 4.92. The molecule has 3 aliphatic rings. The highest BCUT2D eigenvalue weighted by Crippen LogP contribution is 2.38. The molecule has 0 amide bonds. The molecule has 4 unspecified atom stereocenters. The van der Waals surface area contributed by atoms with Gasteiger partial charge in [-0.25, -0.2) is 0 Å². The summed E-state index contributed by atoms with van der Waals surface area (Å²) in [6, 6.07) is 0.436. The van der Waals surface area contributed by atoms with Crippen LogP contribution >= 0.6 is 0 Å².